The maximum absolute atomic E-state index is 12.6. The molecule has 1 aliphatic heterocycles. The number of benzene rings is 3. The van der Waals surface area contributed by atoms with Crippen LogP contribution in [-0.2, 0) is 14.9 Å². The summed E-state index contributed by atoms with van der Waals surface area (Å²) in [7, 11) is -3.64. The van der Waals surface area contributed by atoms with E-state index in [0.717, 1.165) is 26.4 Å². The van der Waals surface area contributed by atoms with Gasteiger partial charge in [-0.2, -0.15) is 0 Å². The van der Waals surface area contributed by atoms with Crippen molar-refractivity contribution in [3.63, 3.8) is 0 Å². The first-order valence-corrected chi connectivity index (χ1v) is 8.77. The number of sulfonamides is 1. The van der Waals surface area contributed by atoms with E-state index in [1.807, 2.05) is 49.4 Å². The van der Waals surface area contributed by atoms with Gasteiger partial charge in [0, 0.05) is 5.56 Å². The molecule has 4 rings (SSSR count). The molecule has 0 N–H and O–H groups in total. The van der Waals surface area contributed by atoms with Crippen molar-refractivity contribution >= 4 is 20.8 Å². The summed E-state index contributed by atoms with van der Waals surface area (Å²) in [4.78, 5) is 5.65. The van der Waals surface area contributed by atoms with Gasteiger partial charge in [-0.25, -0.2) is 8.42 Å². The van der Waals surface area contributed by atoms with E-state index in [9.17, 15) is 8.42 Å². The Hall–Kier alpha value is -2.21. The molecule has 1 aliphatic rings. The van der Waals surface area contributed by atoms with Gasteiger partial charge in [-0.3, -0.25) is 4.84 Å². The summed E-state index contributed by atoms with van der Waals surface area (Å²) in [5.74, 6) is 0. The molecular weight excluding hydrogens is 310 g/mol. The van der Waals surface area contributed by atoms with Gasteiger partial charge in [-0.15, -0.1) is 0 Å². The molecule has 3 aromatic rings. The Morgan fingerprint density at radius 1 is 0.913 bits per heavy atom. The van der Waals surface area contributed by atoms with Crippen molar-refractivity contribution in [1.82, 2.24) is 4.47 Å². The molecule has 1 saturated heterocycles. The van der Waals surface area contributed by atoms with Gasteiger partial charge in [-0.1, -0.05) is 60.2 Å². The third-order valence-electron chi connectivity index (χ3n) is 3.99. The van der Waals surface area contributed by atoms with Gasteiger partial charge in [0.1, 0.15) is 0 Å². The molecule has 0 saturated carbocycles. The second-order valence-corrected chi connectivity index (χ2v) is 7.38. The second-order valence-electron chi connectivity index (χ2n) is 5.60. The Kier molecular flexibility index (Phi) is 3.23. The van der Waals surface area contributed by atoms with Crippen LogP contribution in [0.2, 0.25) is 0 Å². The van der Waals surface area contributed by atoms with Crippen LogP contribution >= 0.6 is 0 Å². The van der Waals surface area contributed by atoms with Crippen molar-refractivity contribution in [1.29, 1.82) is 0 Å². The van der Waals surface area contributed by atoms with Crippen molar-refractivity contribution in [3.8, 4) is 0 Å². The molecule has 0 bridgehead atoms. The average Bonchev–Trinajstić information content (AvgIpc) is 3.36. The molecular formula is C18H15NO3S. The van der Waals surface area contributed by atoms with Gasteiger partial charge in [0.2, 0.25) is 0 Å². The van der Waals surface area contributed by atoms with Gasteiger partial charge < -0.3 is 0 Å². The zero-order valence-corrected chi connectivity index (χ0v) is 13.3. The van der Waals surface area contributed by atoms with E-state index in [4.69, 9.17) is 4.84 Å². The minimum absolute atomic E-state index is 0.242. The number of hydrogen-bond acceptors (Lipinski definition) is 3. The van der Waals surface area contributed by atoms with Crippen LogP contribution in [0.1, 0.15) is 17.4 Å². The summed E-state index contributed by atoms with van der Waals surface area (Å²) < 4.78 is 26.3. The number of hydrogen-bond donors (Lipinski definition) is 0. The number of rotatable bonds is 3. The van der Waals surface area contributed by atoms with E-state index >= 15 is 0 Å². The summed E-state index contributed by atoms with van der Waals surface area (Å²) >= 11 is 0. The maximum atomic E-state index is 12.6. The van der Waals surface area contributed by atoms with Gasteiger partial charge in [0.05, 0.1) is 4.90 Å². The van der Waals surface area contributed by atoms with E-state index in [1.54, 1.807) is 24.3 Å². The Labute approximate surface area is 134 Å². The lowest BCUT2D eigenvalue weighted by atomic mass is 10.0. The van der Waals surface area contributed by atoms with Gasteiger partial charge in [-0.05, 0) is 34.3 Å². The van der Waals surface area contributed by atoms with Crippen molar-refractivity contribution in [2.45, 2.75) is 18.0 Å². The van der Waals surface area contributed by atoms with Crippen LogP contribution in [0.15, 0.2) is 71.6 Å². The highest BCUT2D eigenvalue weighted by Gasteiger charge is 2.49. The highest BCUT2D eigenvalue weighted by atomic mass is 32.2. The Bertz CT molecular complexity index is 975. The predicted molar refractivity (Wildman–Crippen MR) is 88.0 cm³/mol. The molecule has 0 aromatic heterocycles. The number of aryl methyl sites for hydroxylation is 1. The van der Waals surface area contributed by atoms with E-state index < -0.39 is 16.3 Å². The Balaban J connectivity index is 1.70. The lowest BCUT2D eigenvalue weighted by Gasteiger charge is -2.05. The minimum atomic E-state index is -3.64. The lowest BCUT2D eigenvalue weighted by Crippen LogP contribution is -2.12. The summed E-state index contributed by atoms with van der Waals surface area (Å²) in [6.07, 6.45) is -0.563. The van der Waals surface area contributed by atoms with Gasteiger partial charge in [0.15, 0.2) is 6.23 Å². The number of hydroxylamine groups is 1. The zero-order chi connectivity index (χ0) is 16.0. The molecule has 0 aliphatic carbocycles. The van der Waals surface area contributed by atoms with Crippen LogP contribution < -0.4 is 0 Å². The summed E-state index contributed by atoms with van der Waals surface area (Å²) in [5, 5.41) is 2.06. The summed E-state index contributed by atoms with van der Waals surface area (Å²) in [6, 6.07) is 20.5. The summed E-state index contributed by atoms with van der Waals surface area (Å²) in [5.41, 5.74) is 1.88. The maximum Gasteiger partial charge on any atom is 0.267 e. The normalized spacial score (nSPS) is 20.6. The summed E-state index contributed by atoms with van der Waals surface area (Å²) in [6.45, 7) is 1.92. The molecule has 23 heavy (non-hydrogen) atoms. The van der Waals surface area contributed by atoms with Crippen molar-refractivity contribution in [2.24, 2.45) is 0 Å². The molecule has 0 radical (unpaired) electrons. The third-order valence-corrected chi connectivity index (χ3v) is 5.61. The Morgan fingerprint density at radius 2 is 1.61 bits per heavy atom. The molecule has 1 heterocycles. The quantitative estimate of drug-likeness (QED) is 0.689. The second kappa shape index (κ2) is 5.16. The van der Waals surface area contributed by atoms with Crippen LogP contribution in [0.25, 0.3) is 10.8 Å². The van der Waals surface area contributed by atoms with Crippen molar-refractivity contribution in [2.75, 3.05) is 0 Å². The number of nitrogens with zero attached hydrogens (tertiary/aromatic N) is 1. The lowest BCUT2D eigenvalue weighted by molar-refractivity contribution is 0.283. The van der Waals surface area contributed by atoms with E-state index in [1.165, 1.54) is 0 Å². The van der Waals surface area contributed by atoms with E-state index in [2.05, 4.69) is 0 Å². The molecule has 3 aromatic carbocycles. The fraction of sp³-hybridized carbons (Fsp3) is 0.111. The fourth-order valence-corrected chi connectivity index (χ4v) is 3.95. The van der Waals surface area contributed by atoms with Crippen molar-refractivity contribution < 1.29 is 13.3 Å². The first-order valence-electron chi connectivity index (χ1n) is 7.33. The monoisotopic (exact) mass is 325 g/mol. The van der Waals surface area contributed by atoms with Crippen LogP contribution in [0.4, 0.5) is 0 Å². The molecule has 1 fully saturated rings. The van der Waals surface area contributed by atoms with Gasteiger partial charge in [0.25, 0.3) is 10.0 Å². The third kappa shape index (κ3) is 2.43. The first-order chi connectivity index (χ1) is 11.1. The minimum Gasteiger partial charge on any atom is -0.253 e. The molecule has 1 unspecified atom stereocenters. The first kappa shape index (κ1) is 14.4. The van der Waals surface area contributed by atoms with E-state index in [0.29, 0.717) is 0 Å². The van der Waals surface area contributed by atoms with E-state index in [-0.39, 0.29) is 4.90 Å². The van der Waals surface area contributed by atoms with Crippen molar-refractivity contribution in [3.05, 3.63) is 77.9 Å². The molecule has 116 valence electrons. The smallest absolute Gasteiger partial charge is 0.253 e. The molecule has 5 heteroatoms. The highest BCUT2D eigenvalue weighted by Crippen LogP contribution is 2.44. The van der Waals surface area contributed by atoms with Crippen LogP contribution in [0, 0.1) is 6.92 Å². The zero-order valence-electron chi connectivity index (χ0n) is 12.5. The van der Waals surface area contributed by atoms with Crippen LogP contribution in [-0.4, -0.2) is 12.9 Å². The topological polar surface area (TPSA) is 49.7 Å². The fourth-order valence-electron chi connectivity index (χ4n) is 2.70. The molecule has 0 amide bonds. The highest BCUT2D eigenvalue weighted by molar-refractivity contribution is 7.89. The molecule has 0 spiro atoms. The average molecular weight is 325 g/mol. The number of fused-ring (bicyclic) bond motifs is 1. The van der Waals surface area contributed by atoms with Crippen LogP contribution in [0.3, 0.4) is 0 Å². The standard InChI is InChI=1S/C18H15NO3S/c1-13-9-11-15(12-10-13)23(20,21)19-18(22-19)17-8-4-6-14-5-2-3-7-16(14)17/h2-12,18H,1H3/t18-,19?/m1/s1. The SMILES string of the molecule is Cc1ccc(S(=O)(=O)N2O[C@@H]2c2cccc3ccccc23)cc1. The van der Waals surface area contributed by atoms with Crippen LogP contribution in [0.5, 0.6) is 0 Å². The largest absolute Gasteiger partial charge is 0.267 e. The predicted octanol–water partition coefficient (Wildman–Crippen LogP) is 3.78. The Morgan fingerprint density at radius 3 is 2.39 bits per heavy atom. The van der Waals surface area contributed by atoms with Gasteiger partial charge >= 0.3 is 0 Å². The molecule has 4 nitrogen and oxygen atoms in total. The molecule has 2 atom stereocenters.